The van der Waals surface area contributed by atoms with Gasteiger partial charge in [-0.05, 0) is 18.2 Å². The Bertz CT molecular complexity index is 1210. The lowest BCUT2D eigenvalue weighted by Gasteiger charge is -2.08. The van der Waals surface area contributed by atoms with Crippen molar-refractivity contribution >= 4 is 69.3 Å². The maximum atomic E-state index is 13.1. The molecule has 0 bridgehead atoms. The number of nitrogens with zero attached hydrogens (tertiary/aromatic N) is 2. The Kier molecular flexibility index (Phi) is 5.94. The van der Waals surface area contributed by atoms with Crippen LogP contribution >= 0.6 is 46.4 Å². The molecule has 0 saturated carbocycles. The van der Waals surface area contributed by atoms with Gasteiger partial charge in [-0.2, -0.15) is 0 Å². The molecule has 2 heterocycles. The van der Waals surface area contributed by atoms with Crippen LogP contribution in [0.4, 0.5) is 0 Å². The zero-order valence-corrected chi connectivity index (χ0v) is 18.3. The lowest BCUT2D eigenvalue weighted by atomic mass is 10.1. The number of aromatic nitrogens is 2. The van der Waals surface area contributed by atoms with Crippen LogP contribution in [0, 0.1) is 0 Å². The Labute approximate surface area is 190 Å². The summed E-state index contributed by atoms with van der Waals surface area (Å²) in [7, 11) is 1.49. The second-order valence-corrected chi connectivity index (χ2v) is 7.75. The van der Waals surface area contributed by atoms with Crippen molar-refractivity contribution in [2.24, 2.45) is 0 Å². The fraction of sp³-hybridized carbons (Fsp3) is 0.211. The van der Waals surface area contributed by atoms with Gasteiger partial charge in [-0.25, -0.2) is 9.78 Å². The number of hydrogen-bond acceptors (Lipinski definition) is 6. The number of halogens is 4. The van der Waals surface area contributed by atoms with Gasteiger partial charge in [0.05, 0.1) is 54.4 Å². The number of carbonyl (C=O) groups excluding carboxylic acids is 2. The summed E-state index contributed by atoms with van der Waals surface area (Å²) >= 11 is 24.8. The summed E-state index contributed by atoms with van der Waals surface area (Å²) in [5, 5.41) is 0.108. The van der Waals surface area contributed by atoms with E-state index in [9.17, 15) is 9.59 Å². The minimum absolute atomic E-state index is 0.00339. The second-order valence-electron chi connectivity index (χ2n) is 6.24. The van der Waals surface area contributed by atoms with Gasteiger partial charge in [-0.15, -0.1) is 0 Å². The lowest BCUT2D eigenvalue weighted by molar-refractivity contribution is -0.0453. The molecule has 0 aliphatic carbocycles. The number of hydrogen-bond donors (Lipinski definition) is 0. The van der Waals surface area contributed by atoms with Crippen LogP contribution in [0.15, 0.2) is 18.2 Å². The van der Waals surface area contributed by atoms with Crippen LogP contribution in [0.1, 0.15) is 20.7 Å². The highest BCUT2D eigenvalue weighted by Gasteiger charge is 2.37. The van der Waals surface area contributed by atoms with Gasteiger partial charge >= 0.3 is 5.97 Å². The first kappa shape index (κ1) is 21.4. The summed E-state index contributed by atoms with van der Waals surface area (Å²) in [5.41, 5.74) is 1.55. The third-order valence-electron chi connectivity index (χ3n) is 4.46. The highest BCUT2D eigenvalue weighted by atomic mass is 35.5. The third-order valence-corrected chi connectivity index (χ3v) is 6.26. The Morgan fingerprint density at radius 1 is 1.03 bits per heavy atom. The van der Waals surface area contributed by atoms with Gasteiger partial charge in [0.25, 0.3) is 5.91 Å². The Morgan fingerprint density at radius 3 is 2.43 bits per heavy atom. The van der Waals surface area contributed by atoms with Gasteiger partial charge in [0.1, 0.15) is 13.4 Å². The fourth-order valence-electron chi connectivity index (χ4n) is 3.15. The molecule has 3 aromatic rings. The normalized spacial score (nSPS) is 12.4. The molecule has 11 heteroatoms. The molecule has 156 valence electrons. The van der Waals surface area contributed by atoms with Crippen LogP contribution in [-0.2, 0) is 14.2 Å². The quantitative estimate of drug-likeness (QED) is 0.123. The van der Waals surface area contributed by atoms with E-state index < -0.39 is 11.9 Å². The molecule has 1 aliphatic rings. The van der Waals surface area contributed by atoms with E-state index in [1.54, 1.807) is 12.1 Å². The fourth-order valence-corrected chi connectivity index (χ4v) is 4.17. The van der Waals surface area contributed by atoms with Crippen molar-refractivity contribution in [3.05, 3.63) is 49.4 Å². The molecular weight excluding hydrogens is 478 g/mol. The SMILES string of the molecule is COCOCCOC(=O)c1ccc2nc3n(c2c1)C(=O)c1c(Cl)c(Cl)c(Cl)c(Cl)c1-3. The summed E-state index contributed by atoms with van der Waals surface area (Å²) in [6.45, 7) is 0.348. The molecule has 0 spiro atoms. The predicted octanol–water partition coefficient (Wildman–Crippen LogP) is 5.10. The van der Waals surface area contributed by atoms with Crippen molar-refractivity contribution in [3.8, 4) is 11.4 Å². The molecule has 0 amide bonds. The first-order valence-electron chi connectivity index (χ1n) is 8.54. The molecule has 0 atom stereocenters. The highest BCUT2D eigenvalue weighted by Crippen LogP contribution is 2.49. The van der Waals surface area contributed by atoms with E-state index in [-0.39, 0.29) is 57.0 Å². The number of imidazole rings is 1. The summed E-state index contributed by atoms with van der Waals surface area (Å²) < 4.78 is 16.3. The maximum Gasteiger partial charge on any atom is 0.338 e. The molecule has 7 nitrogen and oxygen atoms in total. The third kappa shape index (κ3) is 3.36. The van der Waals surface area contributed by atoms with Crippen molar-refractivity contribution in [2.75, 3.05) is 27.1 Å². The van der Waals surface area contributed by atoms with Crippen LogP contribution in [0.25, 0.3) is 22.4 Å². The van der Waals surface area contributed by atoms with Gasteiger partial charge < -0.3 is 14.2 Å². The van der Waals surface area contributed by atoms with Crippen LogP contribution < -0.4 is 0 Å². The summed E-state index contributed by atoms with van der Waals surface area (Å²) in [5.74, 6) is -0.765. The Morgan fingerprint density at radius 2 is 1.73 bits per heavy atom. The van der Waals surface area contributed by atoms with Crippen LogP contribution in [0.3, 0.4) is 0 Å². The molecule has 0 N–H and O–H groups in total. The zero-order valence-electron chi connectivity index (χ0n) is 15.3. The standard InChI is InChI=1S/C19H12Cl4N2O5/c1-28-7-29-4-5-30-19(27)8-2-3-9-10(6-8)25-17(24-9)11-12(18(25)26)14(21)16(23)15(22)13(11)20/h2-3,6H,4-5,7H2,1H3. The van der Waals surface area contributed by atoms with Gasteiger partial charge in [0.15, 0.2) is 5.82 Å². The molecule has 30 heavy (non-hydrogen) atoms. The van der Waals surface area contributed by atoms with E-state index in [4.69, 9.17) is 60.6 Å². The summed E-state index contributed by atoms with van der Waals surface area (Å²) in [4.78, 5) is 29.9. The van der Waals surface area contributed by atoms with E-state index in [1.807, 2.05) is 0 Å². The average Bonchev–Trinajstić information content (AvgIpc) is 3.24. The summed E-state index contributed by atoms with van der Waals surface area (Å²) in [6.07, 6.45) is 0. The van der Waals surface area contributed by atoms with Crippen molar-refractivity contribution in [1.29, 1.82) is 0 Å². The second kappa shape index (κ2) is 8.34. The molecule has 2 aromatic carbocycles. The molecule has 1 aromatic heterocycles. The van der Waals surface area contributed by atoms with E-state index in [2.05, 4.69) is 4.98 Å². The monoisotopic (exact) mass is 488 g/mol. The predicted molar refractivity (Wildman–Crippen MR) is 113 cm³/mol. The number of methoxy groups -OCH3 is 1. The average molecular weight is 490 g/mol. The highest BCUT2D eigenvalue weighted by molar-refractivity contribution is 6.54. The summed E-state index contributed by atoms with van der Waals surface area (Å²) in [6, 6.07) is 4.68. The lowest BCUT2D eigenvalue weighted by Crippen LogP contribution is -2.12. The van der Waals surface area contributed by atoms with Crippen molar-refractivity contribution in [3.63, 3.8) is 0 Å². The molecule has 0 saturated heterocycles. The van der Waals surface area contributed by atoms with Gasteiger partial charge in [0.2, 0.25) is 0 Å². The van der Waals surface area contributed by atoms with Crippen LogP contribution in [-0.4, -0.2) is 48.5 Å². The van der Waals surface area contributed by atoms with Crippen molar-refractivity contribution in [2.45, 2.75) is 0 Å². The minimum Gasteiger partial charge on any atom is -0.460 e. The number of rotatable bonds is 6. The number of esters is 1. The maximum absolute atomic E-state index is 13.1. The molecule has 0 fully saturated rings. The van der Waals surface area contributed by atoms with Crippen LogP contribution in [0.2, 0.25) is 20.1 Å². The smallest absolute Gasteiger partial charge is 0.338 e. The van der Waals surface area contributed by atoms with Gasteiger partial charge in [-0.3, -0.25) is 9.36 Å². The van der Waals surface area contributed by atoms with Crippen molar-refractivity contribution < 1.29 is 23.8 Å². The topological polar surface area (TPSA) is 79.7 Å². The van der Waals surface area contributed by atoms with Crippen molar-refractivity contribution in [1.82, 2.24) is 9.55 Å². The molecular formula is C19H12Cl4N2O5. The van der Waals surface area contributed by atoms with Crippen LogP contribution in [0.5, 0.6) is 0 Å². The van der Waals surface area contributed by atoms with E-state index in [0.29, 0.717) is 16.6 Å². The first-order chi connectivity index (χ1) is 14.4. The number of benzene rings is 2. The van der Waals surface area contributed by atoms with E-state index in [1.165, 1.54) is 17.7 Å². The minimum atomic E-state index is -0.571. The number of carbonyl (C=O) groups is 2. The Balaban J connectivity index is 1.72. The Hall–Kier alpha value is -1.87. The number of fused-ring (bicyclic) bond motifs is 5. The first-order valence-corrected chi connectivity index (χ1v) is 10.0. The van der Waals surface area contributed by atoms with Gasteiger partial charge in [-0.1, -0.05) is 46.4 Å². The zero-order chi connectivity index (χ0) is 21.6. The molecule has 0 unspecified atom stereocenters. The largest absolute Gasteiger partial charge is 0.460 e. The molecule has 0 radical (unpaired) electrons. The number of ether oxygens (including phenoxy) is 3. The molecule has 4 rings (SSSR count). The van der Waals surface area contributed by atoms with E-state index in [0.717, 1.165) is 0 Å². The van der Waals surface area contributed by atoms with Gasteiger partial charge in [0, 0.05) is 7.11 Å². The van der Waals surface area contributed by atoms with E-state index >= 15 is 0 Å². The molecule has 1 aliphatic heterocycles.